The molecule has 0 heterocycles. The second kappa shape index (κ2) is 7.23. The molecule has 3 N–H and O–H groups in total. The highest BCUT2D eigenvalue weighted by molar-refractivity contribution is 5.98. The first-order valence-corrected chi connectivity index (χ1v) is 8.35. The van der Waals surface area contributed by atoms with Crippen molar-refractivity contribution in [3.05, 3.63) is 59.7 Å². The lowest BCUT2D eigenvalue weighted by atomic mass is 9.95. The van der Waals surface area contributed by atoms with E-state index in [4.69, 9.17) is 12.2 Å². The monoisotopic (exact) mass is 332 g/mol. The van der Waals surface area contributed by atoms with Crippen molar-refractivity contribution in [1.29, 1.82) is 0 Å². The summed E-state index contributed by atoms with van der Waals surface area (Å²) in [6.45, 7) is 0. The number of carbonyl (C=O) groups excluding carboxylic acids is 2. The van der Waals surface area contributed by atoms with E-state index in [-0.39, 0.29) is 5.91 Å². The summed E-state index contributed by atoms with van der Waals surface area (Å²) in [5, 5.41) is 2.82. The van der Waals surface area contributed by atoms with Gasteiger partial charge in [0.2, 0.25) is 11.8 Å². The van der Waals surface area contributed by atoms with Crippen LogP contribution in [0.15, 0.2) is 48.5 Å². The van der Waals surface area contributed by atoms with Gasteiger partial charge in [0.1, 0.15) is 6.04 Å². The van der Waals surface area contributed by atoms with Crippen molar-refractivity contribution >= 4 is 11.8 Å². The third kappa shape index (κ3) is 3.27. The summed E-state index contributed by atoms with van der Waals surface area (Å²) < 4.78 is 0. The lowest BCUT2D eigenvalue weighted by Gasteiger charge is -2.19. The third-order valence-corrected chi connectivity index (χ3v) is 4.57. The second-order valence-electron chi connectivity index (χ2n) is 6.17. The average Bonchev–Trinajstić information content (AvgIpc) is 2.95. The molecule has 126 valence electrons. The van der Waals surface area contributed by atoms with Crippen molar-refractivity contribution in [3.63, 3.8) is 0 Å². The van der Waals surface area contributed by atoms with E-state index in [0.29, 0.717) is 19.3 Å². The molecular formula is C21H20N2O2. The van der Waals surface area contributed by atoms with Gasteiger partial charge in [0, 0.05) is 6.42 Å². The predicted molar refractivity (Wildman–Crippen MR) is 97.5 cm³/mol. The van der Waals surface area contributed by atoms with Gasteiger partial charge in [-0.05, 0) is 35.1 Å². The van der Waals surface area contributed by atoms with Gasteiger partial charge in [-0.2, -0.15) is 0 Å². The standard InChI is InChI=1S/C21H20N2O2/c1-2-3-4-13-18(20(22)24)23-21(25)19-16-11-7-5-9-14(16)15-10-6-8-12-17(15)19/h1,5-12,18-19H,3-4,13H2,(H2,22,24)(H,23,25)/t18-/m0/s1. The van der Waals surface area contributed by atoms with Gasteiger partial charge >= 0.3 is 0 Å². The molecule has 0 unspecified atom stereocenters. The van der Waals surface area contributed by atoms with Crippen LogP contribution in [0.5, 0.6) is 0 Å². The molecule has 1 atom stereocenters. The van der Waals surface area contributed by atoms with Crippen LogP contribution in [-0.2, 0) is 9.59 Å². The molecule has 0 saturated heterocycles. The minimum Gasteiger partial charge on any atom is -0.368 e. The molecule has 2 amide bonds. The van der Waals surface area contributed by atoms with Crippen LogP contribution in [0.4, 0.5) is 0 Å². The maximum Gasteiger partial charge on any atom is 0.240 e. The molecule has 1 aliphatic rings. The number of fused-ring (bicyclic) bond motifs is 3. The molecule has 0 aliphatic heterocycles. The van der Waals surface area contributed by atoms with Crippen LogP contribution < -0.4 is 11.1 Å². The number of nitrogens with one attached hydrogen (secondary N) is 1. The second-order valence-corrected chi connectivity index (χ2v) is 6.17. The SMILES string of the molecule is C#CCCC[C@H](NC(=O)C1c2ccccc2-c2ccccc21)C(N)=O. The zero-order valence-electron chi connectivity index (χ0n) is 13.9. The lowest BCUT2D eigenvalue weighted by molar-refractivity contribution is -0.127. The number of amides is 2. The number of benzene rings is 2. The van der Waals surface area contributed by atoms with Crippen LogP contribution in [0.2, 0.25) is 0 Å². The first-order valence-electron chi connectivity index (χ1n) is 8.35. The third-order valence-electron chi connectivity index (χ3n) is 4.57. The maximum absolute atomic E-state index is 13.0. The molecule has 2 aromatic carbocycles. The Kier molecular flexibility index (Phi) is 4.85. The van der Waals surface area contributed by atoms with Crippen LogP contribution in [-0.4, -0.2) is 17.9 Å². The summed E-state index contributed by atoms with van der Waals surface area (Å²) in [6, 6.07) is 15.0. The highest BCUT2D eigenvalue weighted by Gasteiger charge is 2.34. The topological polar surface area (TPSA) is 72.2 Å². The Morgan fingerprint density at radius 3 is 2.16 bits per heavy atom. The van der Waals surface area contributed by atoms with Gasteiger partial charge < -0.3 is 11.1 Å². The number of nitrogens with two attached hydrogens (primary N) is 1. The minimum atomic E-state index is -0.708. The Bertz CT molecular complexity index is 805. The van der Waals surface area contributed by atoms with Crippen LogP contribution in [0.3, 0.4) is 0 Å². The highest BCUT2D eigenvalue weighted by atomic mass is 16.2. The molecule has 2 aromatic rings. The van der Waals surface area contributed by atoms with Crippen molar-refractivity contribution in [2.24, 2.45) is 5.73 Å². The molecule has 25 heavy (non-hydrogen) atoms. The van der Waals surface area contributed by atoms with Crippen molar-refractivity contribution in [1.82, 2.24) is 5.32 Å². The molecule has 0 saturated carbocycles. The van der Waals surface area contributed by atoms with Crippen molar-refractivity contribution in [2.75, 3.05) is 0 Å². The van der Waals surface area contributed by atoms with Crippen molar-refractivity contribution < 1.29 is 9.59 Å². The average molecular weight is 332 g/mol. The number of hydrogen-bond donors (Lipinski definition) is 2. The highest BCUT2D eigenvalue weighted by Crippen LogP contribution is 2.44. The summed E-state index contributed by atoms with van der Waals surface area (Å²) in [4.78, 5) is 24.7. The normalized spacial score (nSPS) is 13.4. The maximum atomic E-state index is 13.0. The quantitative estimate of drug-likeness (QED) is 0.630. The van der Waals surface area contributed by atoms with Gasteiger partial charge in [-0.25, -0.2) is 0 Å². The van der Waals surface area contributed by atoms with Crippen LogP contribution in [0.1, 0.15) is 36.3 Å². The van der Waals surface area contributed by atoms with E-state index < -0.39 is 17.9 Å². The van der Waals surface area contributed by atoms with Gasteiger partial charge in [-0.15, -0.1) is 12.3 Å². The van der Waals surface area contributed by atoms with Gasteiger partial charge in [-0.3, -0.25) is 9.59 Å². The van der Waals surface area contributed by atoms with Crippen LogP contribution in [0.25, 0.3) is 11.1 Å². The van der Waals surface area contributed by atoms with Crippen LogP contribution >= 0.6 is 0 Å². The number of primary amides is 1. The van der Waals surface area contributed by atoms with E-state index in [1.165, 1.54) is 0 Å². The van der Waals surface area contributed by atoms with Crippen molar-refractivity contribution in [3.8, 4) is 23.5 Å². The van der Waals surface area contributed by atoms with Gasteiger partial charge in [0.25, 0.3) is 0 Å². The largest absolute Gasteiger partial charge is 0.368 e. The minimum absolute atomic E-state index is 0.207. The lowest BCUT2D eigenvalue weighted by Crippen LogP contribution is -2.46. The van der Waals surface area contributed by atoms with Gasteiger partial charge in [0.15, 0.2) is 0 Å². The molecule has 0 bridgehead atoms. The molecule has 0 radical (unpaired) electrons. The molecule has 4 heteroatoms. The smallest absolute Gasteiger partial charge is 0.240 e. The molecule has 0 aromatic heterocycles. The Morgan fingerprint density at radius 2 is 1.64 bits per heavy atom. The Morgan fingerprint density at radius 1 is 1.08 bits per heavy atom. The summed E-state index contributed by atoms with van der Waals surface area (Å²) in [6.07, 6.45) is 6.88. The van der Waals surface area contributed by atoms with E-state index in [0.717, 1.165) is 22.3 Å². The van der Waals surface area contributed by atoms with E-state index in [1.54, 1.807) is 0 Å². The summed E-state index contributed by atoms with van der Waals surface area (Å²) in [7, 11) is 0. The number of terminal acetylenes is 1. The number of unbranched alkanes of at least 4 members (excludes halogenated alkanes) is 1. The van der Waals surface area contributed by atoms with E-state index in [9.17, 15) is 9.59 Å². The Hall–Kier alpha value is -3.06. The van der Waals surface area contributed by atoms with Crippen molar-refractivity contribution in [2.45, 2.75) is 31.2 Å². The Labute approximate surface area is 147 Å². The molecule has 3 rings (SSSR count). The fourth-order valence-corrected chi connectivity index (χ4v) is 3.39. The number of hydrogen-bond acceptors (Lipinski definition) is 2. The summed E-state index contributed by atoms with van der Waals surface area (Å²) in [5.41, 5.74) is 9.47. The summed E-state index contributed by atoms with van der Waals surface area (Å²) >= 11 is 0. The zero-order chi connectivity index (χ0) is 17.8. The van der Waals surface area contributed by atoms with E-state index in [2.05, 4.69) is 11.2 Å². The first kappa shape index (κ1) is 16.8. The van der Waals surface area contributed by atoms with E-state index in [1.807, 2.05) is 48.5 Å². The predicted octanol–water partition coefficient (Wildman–Crippen LogP) is 2.57. The molecule has 0 fully saturated rings. The number of carbonyl (C=O) groups is 2. The van der Waals surface area contributed by atoms with Gasteiger partial charge in [-0.1, -0.05) is 48.5 Å². The van der Waals surface area contributed by atoms with E-state index >= 15 is 0 Å². The zero-order valence-corrected chi connectivity index (χ0v) is 13.9. The van der Waals surface area contributed by atoms with Crippen LogP contribution in [0, 0.1) is 12.3 Å². The summed E-state index contributed by atoms with van der Waals surface area (Å²) in [5.74, 6) is 1.36. The molecule has 0 spiro atoms. The Balaban J connectivity index is 1.87. The fourth-order valence-electron chi connectivity index (χ4n) is 3.39. The molecule has 1 aliphatic carbocycles. The fraction of sp³-hybridized carbons (Fsp3) is 0.238. The number of rotatable bonds is 6. The molecular weight excluding hydrogens is 312 g/mol. The van der Waals surface area contributed by atoms with Gasteiger partial charge in [0.05, 0.1) is 5.92 Å². The first-order chi connectivity index (χ1) is 12.1. The molecule has 4 nitrogen and oxygen atoms in total.